The predicted molar refractivity (Wildman–Crippen MR) is 62.3 cm³/mol. The normalized spacial score (nSPS) is 22.1. The van der Waals surface area contributed by atoms with Crippen LogP contribution in [0.1, 0.15) is 16.1 Å². The number of hydrogen-bond acceptors (Lipinski definition) is 4. The number of carbonyl (C=O) groups is 1. The summed E-state index contributed by atoms with van der Waals surface area (Å²) in [6.45, 7) is 3.29. The highest BCUT2D eigenvalue weighted by atomic mass is 32.1. The maximum absolute atomic E-state index is 11.8. The molecule has 1 saturated heterocycles. The standard InChI is InChI=1S/C11H16N2OS/c12-6-9-3-4-13(7-9)8-10(14)11-2-1-5-15-11/h1-2,5,9H,3-4,6-8,12H2. The topological polar surface area (TPSA) is 46.3 Å². The van der Waals surface area contributed by atoms with Gasteiger partial charge in [0.05, 0.1) is 11.4 Å². The second-order valence-electron chi connectivity index (χ2n) is 4.03. The van der Waals surface area contributed by atoms with Gasteiger partial charge in [-0.1, -0.05) is 6.07 Å². The van der Waals surface area contributed by atoms with Crippen molar-refractivity contribution in [3.63, 3.8) is 0 Å². The van der Waals surface area contributed by atoms with Gasteiger partial charge in [0.15, 0.2) is 5.78 Å². The predicted octanol–water partition coefficient (Wildman–Crippen LogP) is 1.21. The Bertz CT molecular complexity index is 323. The van der Waals surface area contributed by atoms with Gasteiger partial charge >= 0.3 is 0 Å². The van der Waals surface area contributed by atoms with Gasteiger partial charge in [-0.05, 0) is 36.9 Å². The molecular weight excluding hydrogens is 208 g/mol. The molecule has 0 saturated carbocycles. The van der Waals surface area contributed by atoms with Crippen LogP contribution in [0.5, 0.6) is 0 Å². The molecule has 1 aromatic heterocycles. The summed E-state index contributed by atoms with van der Waals surface area (Å²) in [6.07, 6.45) is 1.13. The van der Waals surface area contributed by atoms with E-state index in [4.69, 9.17) is 5.73 Å². The first-order valence-electron chi connectivity index (χ1n) is 5.28. The van der Waals surface area contributed by atoms with Gasteiger partial charge in [-0.3, -0.25) is 9.69 Å². The average molecular weight is 224 g/mol. The molecule has 0 radical (unpaired) electrons. The van der Waals surface area contributed by atoms with Crippen LogP contribution in [0.3, 0.4) is 0 Å². The van der Waals surface area contributed by atoms with E-state index in [1.165, 1.54) is 11.3 Å². The lowest BCUT2D eigenvalue weighted by molar-refractivity contribution is 0.0947. The molecule has 0 amide bonds. The number of nitrogens with two attached hydrogens (primary N) is 1. The molecule has 1 unspecified atom stereocenters. The zero-order valence-electron chi connectivity index (χ0n) is 8.69. The van der Waals surface area contributed by atoms with Gasteiger partial charge in [0.1, 0.15) is 0 Å². The molecule has 0 bridgehead atoms. The van der Waals surface area contributed by atoms with Crippen molar-refractivity contribution in [2.75, 3.05) is 26.2 Å². The smallest absolute Gasteiger partial charge is 0.186 e. The molecule has 1 aliphatic heterocycles. The van der Waals surface area contributed by atoms with Crippen LogP contribution in [0.25, 0.3) is 0 Å². The summed E-state index contributed by atoms with van der Waals surface area (Å²) in [6, 6.07) is 3.81. The highest BCUT2D eigenvalue weighted by Gasteiger charge is 2.23. The molecule has 82 valence electrons. The number of hydrogen-bond donors (Lipinski definition) is 1. The fraction of sp³-hybridized carbons (Fsp3) is 0.545. The lowest BCUT2D eigenvalue weighted by Crippen LogP contribution is -2.28. The van der Waals surface area contributed by atoms with Crippen molar-refractivity contribution in [2.45, 2.75) is 6.42 Å². The van der Waals surface area contributed by atoms with E-state index in [-0.39, 0.29) is 5.78 Å². The Kier molecular flexibility index (Phi) is 3.51. The average Bonchev–Trinajstić information content (AvgIpc) is 2.87. The lowest BCUT2D eigenvalue weighted by atomic mass is 10.1. The van der Waals surface area contributed by atoms with Gasteiger partial charge in [-0.2, -0.15) is 0 Å². The fourth-order valence-corrected chi connectivity index (χ4v) is 2.62. The summed E-state index contributed by atoms with van der Waals surface area (Å²) in [5.74, 6) is 0.823. The van der Waals surface area contributed by atoms with E-state index in [1.807, 2.05) is 17.5 Å². The summed E-state index contributed by atoms with van der Waals surface area (Å²) in [5, 5.41) is 1.94. The third kappa shape index (κ3) is 2.65. The van der Waals surface area contributed by atoms with Crippen LogP contribution < -0.4 is 5.73 Å². The van der Waals surface area contributed by atoms with Gasteiger partial charge in [0.2, 0.25) is 0 Å². The number of ketones is 1. The Balaban J connectivity index is 1.86. The van der Waals surface area contributed by atoms with Crippen LogP contribution in [-0.4, -0.2) is 36.9 Å². The maximum Gasteiger partial charge on any atom is 0.186 e. The van der Waals surface area contributed by atoms with Crippen molar-refractivity contribution in [1.29, 1.82) is 0 Å². The van der Waals surface area contributed by atoms with Gasteiger partial charge in [-0.25, -0.2) is 0 Å². The molecule has 2 rings (SSSR count). The van der Waals surface area contributed by atoms with E-state index in [1.54, 1.807) is 0 Å². The Morgan fingerprint density at radius 3 is 3.13 bits per heavy atom. The highest BCUT2D eigenvalue weighted by Crippen LogP contribution is 2.16. The van der Waals surface area contributed by atoms with Crippen molar-refractivity contribution in [2.24, 2.45) is 11.7 Å². The number of likely N-dealkylation sites (tertiary alicyclic amines) is 1. The Morgan fingerprint density at radius 2 is 2.53 bits per heavy atom. The Hall–Kier alpha value is -0.710. The van der Waals surface area contributed by atoms with Crippen LogP contribution in [0, 0.1) is 5.92 Å². The minimum atomic E-state index is 0.239. The molecule has 4 heteroatoms. The Labute approximate surface area is 93.9 Å². The first-order chi connectivity index (χ1) is 7.29. The summed E-state index contributed by atoms with van der Waals surface area (Å²) in [4.78, 5) is 14.9. The third-order valence-electron chi connectivity index (χ3n) is 2.87. The summed E-state index contributed by atoms with van der Waals surface area (Å²) in [5.41, 5.74) is 5.61. The second kappa shape index (κ2) is 4.88. The number of nitrogens with zero attached hydrogens (tertiary/aromatic N) is 1. The number of thiophene rings is 1. The molecular formula is C11H16N2OS. The van der Waals surface area contributed by atoms with E-state index >= 15 is 0 Å². The monoisotopic (exact) mass is 224 g/mol. The van der Waals surface area contributed by atoms with Gasteiger partial charge in [-0.15, -0.1) is 11.3 Å². The van der Waals surface area contributed by atoms with Crippen LogP contribution in [0.2, 0.25) is 0 Å². The van der Waals surface area contributed by atoms with Gasteiger partial charge < -0.3 is 5.73 Å². The van der Waals surface area contributed by atoms with Crippen molar-refractivity contribution < 1.29 is 4.79 Å². The van der Waals surface area contributed by atoms with Crippen molar-refractivity contribution in [1.82, 2.24) is 4.90 Å². The largest absolute Gasteiger partial charge is 0.330 e. The quantitative estimate of drug-likeness (QED) is 0.782. The number of Topliss-reactive ketones (excluding diaryl/α,β-unsaturated/α-hetero) is 1. The zero-order chi connectivity index (χ0) is 10.7. The molecule has 1 aromatic rings. The van der Waals surface area contributed by atoms with Crippen LogP contribution in [-0.2, 0) is 0 Å². The lowest BCUT2D eigenvalue weighted by Gasteiger charge is -2.13. The Morgan fingerprint density at radius 1 is 1.67 bits per heavy atom. The molecule has 3 nitrogen and oxygen atoms in total. The summed E-state index contributed by atoms with van der Waals surface area (Å²) >= 11 is 1.52. The first-order valence-corrected chi connectivity index (χ1v) is 6.16. The highest BCUT2D eigenvalue weighted by molar-refractivity contribution is 7.12. The SMILES string of the molecule is NCC1CCN(CC(=O)c2cccs2)C1. The van der Waals surface area contributed by atoms with E-state index in [0.717, 1.165) is 30.9 Å². The molecule has 0 aromatic carbocycles. The molecule has 1 atom stereocenters. The van der Waals surface area contributed by atoms with Gasteiger partial charge in [0, 0.05) is 6.54 Å². The zero-order valence-corrected chi connectivity index (χ0v) is 9.50. The molecule has 15 heavy (non-hydrogen) atoms. The van der Waals surface area contributed by atoms with Gasteiger partial charge in [0.25, 0.3) is 0 Å². The fourth-order valence-electron chi connectivity index (χ4n) is 1.97. The number of rotatable bonds is 4. The van der Waals surface area contributed by atoms with Crippen molar-refractivity contribution in [3.8, 4) is 0 Å². The van der Waals surface area contributed by atoms with E-state index in [2.05, 4.69) is 4.90 Å². The van der Waals surface area contributed by atoms with Crippen molar-refractivity contribution >= 4 is 17.1 Å². The maximum atomic E-state index is 11.8. The molecule has 0 aliphatic carbocycles. The van der Waals surface area contributed by atoms with Crippen molar-refractivity contribution in [3.05, 3.63) is 22.4 Å². The minimum absolute atomic E-state index is 0.239. The molecule has 0 spiro atoms. The minimum Gasteiger partial charge on any atom is -0.330 e. The van der Waals surface area contributed by atoms with Crippen LogP contribution >= 0.6 is 11.3 Å². The summed E-state index contributed by atoms with van der Waals surface area (Å²) in [7, 11) is 0. The molecule has 1 aliphatic rings. The third-order valence-corrected chi connectivity index (χ3v) is 3.78. The van der Waals surface area contributed by atoms with Crippen LogP contribution in [0.15, 0.2) is 17.5 Å². The summed E-state index contributed by atoms with van der Waals surface area (Å²) < 4.78 is 0. The molecule has 2 heterocycles. The number of carbonyl (C=O) groups excluding carboxylic acids is 1. The first kappa shape index (κ1) is 10.8. The van der Waals surface area contributed by atoms with E-state index < -0.39 is 0 Å². The second-order valence-corrected chi connectivity index (χ2v) is 4.97. The van der Waals surface area contributed by atoms with E-state index in [0.29, 0.717) is 12.5 Å². The van der Waals surface area contributed by atoms with Crippen LogP contribution in [0.4, 0.5) is 0 Å². The molecule has 2 N–H and O–H groups in total. The molecule has 1 fully saturated rings. The van der Waals surface area contributed by atoms with E-state index in [9.17, 15) is 4.79 Å².